The van der Waals surface area contributed by atoms with Crippen molar-refractivity contribution in [3.8, 4) is 5.75 Å². The highest BCUT2D eigenvalue weighted by atomic mass is 16.3. The molecule has 0 aromatic heterocycles. The van der Waals surface area contributed by atoms with Crippen molar-refractivity contribution in [2.75, 3.05) is 29.6 Å². The second-order valence-corrected chi connectivity index (χ2v) is 6.60. The molecule has 0 aliphatic rings. The summed E-state index contributed by atoms with van der Waals surface area (Å²) in [6, 6.07) is 20.1. The number of phenols is 1. The molecule has 0 fully saturated rings. The van der Waals surface area contributed by atoms with Crippen LogP contribution in [0.25, 0.3) is 0 Å². The maximum Gasteiger partial charge on any atom is 0.255 e. The van der Waals surface area contributed by atoms with Crippen molar-refractivity contribution in [2.45, 2.75) is 6.92 Å². The zero-order valence-corrected chi connectivity index (χ0v) is 15.7. The standard InChI is InChI=1S/C22H23N3O2/c1-15-7-10-18(23-17-5-4-6-19(13-17)25(2)3)14-21(15)24-22(27)16-8-11-20(26)12-9-16/h4-14,23,26H,1-3H3,(H,24,27). The average molecular weight is 361 g/mol. The SMILES string of the molecule is Cc1ccc(Nc2cccc(N(C)C)c2)cc1NC(=O)c1ccc(O)cc1. The smallest absolute Gasteiger partial charge is 0.255 e. The summed E-state index contributed by atoms with van der Waals surface area (Å²) in [6.45, 7) is 1.95. The number of anilines is 4. The predicted molar refractivity (Wildman–Crippen MR) is 111 cm³/mol. The lowest BCUT2D eigenvalue weighted by atomic mass is 10.1. The van der Waals surface area contributed by atoms with Crippen molar-refractivity contribution < 1.29 is 9.90 Å². The highest BCUT2D eigenvalue weighted by Crippen LogP contribution is 2.26. The second-order valence-electron chi connectivity index (χ2n) is 6.60. The third-order valence-corrected chi connectivity index (χ3v) is 4.27. The number of nitrogens with one attached hydrogen (secondary N) is 2. The lowest BCUT2D eigenvalue weighted by molar-refractivity contribution is 0.102. The fourth-order valence-electron chi connectivity index (χ4n) is 2.67. The lowest BCUT2D eigenvalue weighted by Crippen LogP contribution is -2.12. The molecular formula is C22H23N3O2. The van der Waals surface area contributed by atoms with Crippen LogP contribution in [0.3, 0.4) is 0 Å². The number of benzene rings is 3. The van der Waals surface area contributed by atoms with Gasteiger partial charge in [0.1, 0.15) is 5.75 Å². The van der Waals surface area contributed by atoms with Crippen molar-refractivity contribution in [1.29, 1.82) is 0 Å². The largest absolute Gasteiger partial charge is 0.508 e. The number of amides is 1. The molecule has 0 atom stereocenters. The summed E-state index contributed by atoms with van der Waals surface area (Å²) in [5.74, 6) is -0.0845. The summed E-state index contributed by atoms with van der Waals surface area (Å²) < 4.78 is 0. The van der Waals surface area contributed by atoms with E-state index in [1.807, 2.05) is 62.3 Å². The summed E-state index contributed by atoms with van der Waals surface area (Å²) in [5, 5.41) is 15.7. The molecule has 0 aliphatic heterocycles. The molecule has 0 bridgehead atoms. The highest BCUT2D eigenvalue weighted by Gasteiger charge is 2.09. The van der Waals surface area contributed by atoms with Crippen LogP contribution in [-0.2, 0) is 0 Å². The monoisotopic (exact) mass is 361 g/mol. The van der Waals surface area contributed by atoms with Gasteiger partial charge in [0.15, 0.2) is 0 Å². The molecule has 27 heavy (non-hydrogen) atoms. The van der Waals surface area contributed by atoms with E-state index in [-0.39, 0.29) is 11.7 Å². The Morgan fingerprint density at radius 1 is 0.926 bits per heavy atom. The summed E-state index contributed by atoms with van der Waals surface area (Å²) in [5.41, 5.74) is 5.16. The van der Waals surface area contributed by atoms with Crippen molar-refractivity contribution in [3.63, 3.8) is 0 Å². The van der Waals surface area contributed by atoms with E-state index in [4.69, 9.17) is 0 Å². The van der Waals surface area contributed by atoms with Gasteiger partial charge >= 0.3 is 0 Å². The minimum absolute atomic E-state index is 0.133. The maximum atomic E-state index is 12.4. The number of hydrogen-bond acceptors (Lipinski definition) is 4. The normalized spacial score (nSPS) is 10.3. The van der Waals surface area contributed by atoms with Gasteiger partial charge in [-0.25, -0.2) is 0 Å². The van der Waals surface area contributed by atoms with E-state index in [1.54, 1.807) is 12.1 Å². The zero-order chi connectivity index (χ0) is 19.4. The second kappa shape index (κ2) is 7.83. The fraction of sp³-hybridized carbons (Fsp3) is 0.136. The molecule has 1 amide bonds. The van der Waals surface area contributed by atoms with Crippen LogP contribution in [0.2, 0.25) is 0 Å². The van der Waals surface area contributed by atoms with Gasteiger partial charge in [-0.05, 0) is 67.1 Å². The first kappa shape index (κ1) is 18.3. The van der Waals surface area contributed by atoms with Gasteiger partial charge in [-0.2, -0.15) is 0 Å². The Kier molecular flexibility index (Phi) is 5.31. The molecule has 0 heterocycles. The number of aryl methyl sites for hydroxylation is 1. The van der Waals surface area contributed by atoms with Crippen LogP contribution in [0.15, 0.2) is 66.7 Å². The van der Waals surface area contributed by atoms with Crippen LogP contribution in [-0.4, -0.2) is 25.1 Å². The van der Waals surface area contributed by atoms with Gasteiger partial charge in [0.2, 0.25) is 0 Å². The first-order chi connectivity index (χ1) is 12.9. The summed E-state index contributed by atoms with van der Waals surface area (Å²) in [6.07, 6.45) is 0. The topological polar surface area (TPSA) is 64.6 Å². The first-order valence-electron chi connectivity index (χ1n) is 8.68. The van der Waals surface area contributed by atoms with Gasteiger partial charge in [0, 0.05) is 42.4 Å². The van der Waals surface area contributed by atoms with Gasteiger partial charge in [0.25, 0.3) is 5.91 Å². The van der Waals surface area contributed by atoms with E-state index < -0.39 is 0 Å². The number of rotatable bonds is 5. The van der Waals surface area contributed by atoms with Crippen LogP contribution >= 0.6 is 0 Å². The molecule has 0 aliphatic carbocycles. The molecule has 3 aromatic rings. The van der Waals surface area contributed by atoms with E-state index >= 15 is 0 Å². The first-order valence-corrected chi connectivity index (χ1v) is 8.68. The molecule has 0 spiro atoms. The van der Waals surface area contributed by atoms with Crippen molar-refractivity contribution in [2.24, 2.45) is 0 Å². The van der Waals surface area contributed by atoms with E-state index in [0.29, 0.717) is 5.56 Å². The summed E-state index contributed by atoms with van der Waals surface area (Å²) >= 11 is 0. The van der Waals surface area contributed by atoms with Gasteiger partial charge in [0.05, 0.1) is 0 Å². The molecule has 0 saturated carbocycles. The van der Waals surface area contributed by atoms with E-state index in [1.165, 1.54) is 12.1 Å². The average Bonchev–Trinajstić information content (AvgIpc) is 2.65. The molecule has 0 saturated heterocycles. The van der Waals surface area contributed by atoms with Crippen LogP contribution < -0.4 is 15.5 Å². The van der Waals surface area contributed by atoms with Crippen LogP contribution in [0.5, 0.6) is 5.75 Å². The Hall–Kier alpha value is -3.47. The number of carbonyl (C=O) groups is 1. The molecular weight excluding hydrogens is 338 g/mol. The molecule has 3 N–H and O–H groups in total. The number of carbonyl (C=O) groups excluding carboxylic acids is 1. The maximum absolute atomic E-state index is 12.4. The molecule has 0 radical (unpaired) electrons. The third kappa shape index (κ3) is 4.58. The van der Waals surface area contributed by atoms with Crippen LogP contribution in [0.1, 0.15) is 15.9 Å². The number of aromatic hydroxyl groups is 1. The Bertz CT molecular complexity index is 950. The fourth-order valence-corrected chi connectivity index (χ4v) is 2.67. The minimum atomic E-state index is -0.218. The van der Waals surface area contributed by atoms with Gasteiger partial charge < -0.3 is 20.6 Å². The van der Waals surface area contributed by atoms with Crippen LogP contribution in [0.4, 0.5) is 22.7 Å². The number of nitrogens with zero attached hydrogens (tertiary/aromatic N) is 1. The third-order valence-electron chi connectivity index (χ3n) is 4.27. The molecule has 138 valence electrons. The Labute approximate surface area is 159 Å². The van der Waals surface area contributed by atoms with Gasteiger partial charge in [-0.1, -0.05) is 12.1 Å². The van der Waals surface area contributed by atoms with E-state index in [0.717, 1.165) is 28.3 Å². The van der Waals surface area contributed by atoms with Crippen LogP contribution in [0, 0.1) is 6.92 Å². The summed E-state index contributed by atoms with van der Waals surface area (Å²) in [7, 11) is 4.00. The Morgan fingerprint density at radius 3 is 2.33 bits per heavy atom. The minimum Gasteiger partial charge on any atom is -0.508 e. The highest BCUT2D eigenvalue weighted by molar-refractivity contribution is 6.05. The van der Waals surface area contributed by atoms with Crippen molar-refractivity contribution in [3.05, 3.63) is 77.9 Å². The quantitative estimate of drug-likeness (QED) is 0.613. The zero-order valence-electron chi connectivity index (χ0n) is 15.7. The lowest BCUT2D eigenvalue weighted by Gasteiger charge is -2.15. The summed E-state index contributed by atoms with van der Waals surface area (Å²) in [4.78, 5) is 14.5. The van der Waals surface area contributed by atoms with E-state index in [9.17, 15) is 9.90 Å². The Balaban J connectivity index is 1.79. The van der Waals surface area contributed by atoms with Crippen molar-refractivity contribution in [1.82, 2.24) is 0 Å². The van der Waals surface area contributed by atoms with E-state index in [2.05, 4.69) is 16.7 Å². The molecule has 3 rings (SSSR count). The molecule has 5 heteroatoms. The molecule has 5 nitrogen and oxygen atoms in total. The number of hydrogen-bond donors (Lipinski definition) is 3. The predicted octanol–water partition coefficient (Wildman–Crippen LogP) is 4.76. The van der Waals surface area contributed by atoms with Crippen molar-refractivity contribution >= 4 is 28.7 Å². The van der Waals surface area contributed by atoms with Gasteiger partial charge in [-0.3, -0.25) is 4.79 Å². The molecule has 0 unspecified atom stereocenters. The number of phenolic OH excluding ortho intramolecular Hbond substituents is 1. The molecule has 3 aromatic carbocycles. The Morgan fingerprint density at radius 2 is 1.63 bits per heavy atom. The van der Waals surface area contributed by atoms with Gasteiger partial charge in [-0.15, -0.1) is 0 Å².